The molecule has 1 fully saturated rings. The van der Waals surface area contributed by atoms with Crippen LogP contribution in [0.1, 0.15) is 53.9 Å². The summed E-state index contributed by atoms with van der Waals surface area (Å²) in [5, 5.41) is 3.77. The average Bonchev–Trinajstić information content (AvgIpc) is 2.74. The predicted molar refractivity (Wildman–Crippen MR) is 79.1 cm³/mol. The van der Waals surface area contributed by atoms with E-state index in [4.69, 9.17) is 0 Å². The minimum Gasteiger partial charge on any atom is -0.306 e. The largest absolute Gasteiger partial charge is 0.306 e. The van der Waals surface area contributed by atoms with Crippen molar-refractivity contribution >= 4 is 11.8 Å². The van der Waals surface area contributed by atoms with E-state index in [0.29, 0.717) is 0 Å². The molecule has 4 unspecified atom stereocenters. The molecule has 1 saturated heterocycles. The molecule has 0 aromatic rings. The summed E-state index contributed by atoms with van der Waals surface area (Å²) in [7, 11) is 0. The first-order valence-corrected chi connectivity index (χ1v) is 7.61. The zero-order valence-electron chi connectivity index (χ0n) is 13.2. The van der Waals surface area contributed by atoms with E-state index in [1.54, 1.807) is 0 Å². The number of amides is 2. The monoisotopic (exact) mass is 278 g/mol. The van der Waals surface area contributed by atoms with E-state index in [9.17, 15) is 9.59 Å². The van der Waals surface area contributed by atoms with Crippen LogP contribution >= 0.6 is 0 Å². The highest BCUT2D eigenvalue weighted by Gasteiger charge is 2.50. The molecule has 0 aromatic heterocycles. The average molecular weight is 278 g/mol. The Morgan fingerprint density at radius 3 is 2.20 bits per heavy atom. The van der Waals surface area contributed by atoms with Gasteiger partial charge in [0, 0.05) is 29.3 Å². The van der Waals surface area contributed by atoms with Crippen LogP contribution < -0.4 is 5.32 Å². The SMILES string of the molecule is CCC1(C)CC(N2C(=O)C=CC2=O)C(C)C(C)(CC)N1. The number of hydrogen-bond donors (Lipinski definition) is 1. The number of nitrogens with one attached hydrogen (secondary N) is 1. The Morgan fingerprint density at radius 2 is 1.75 bits per heavy atom. The normalized spacial score (nSPS) is 41.5. The Balaban J connectivity index is 2.36. The highest BCUT2D eigenvalue weighted by molar-refractivity contribution is 6.13. The van der Waals surface area contributed by atoms with Gasteiger partial charge in [-0.15, -0.1) is 0 Å². The summed E-state index contributed by atoms with van der Waals surface area (Å²) in [6.45, 7) is 10.9. The highest BCUT2D eigenvalue weighted by Crippen LogP contribution is 2.40. The van der Waals surface area contributed by atoms with E-state index >= 15 is 0 Å². The Labute approximate surface area is 121 Å². The molecule has 0 saturated carbocycles. The van der Waals surface area contributed by atoms with Crippen molar-refractivity contribution in [2.24, 2.45) is 5.92 Å². The lowest BCUT2D eigenvalue weighted by atomic mass is 9.68. The molecule has 2 aliphatic rings. The van der Waals surface area contributed by atoms with Gasteiger partial charge < -0.3 is 5.32 Å². The van der Waals surface area contributed by atoms with Gasteiger partial charge in [-0.25, -0.2) is 0 Å². The molecule has 0 radical (unpaired) electrons. The van der Waals surface area contributed by atoms with Crippen molar-refractivity contribution < 1.29 is 9.59 Å². The molecule has 112 valence electrons. The Kier molecular flexibility index (Phi) is 3.80. The molecule has 4 atom stereocenters. The second-order valence-electron chi connectivity index (χ2n) is 6.75. The maximum absolute atomic E-state index is 12.0. The number of rotatable bonds is 3. The molecule has 4 heteroatoms. The third-order valence-electron chi connectivity index (χ3n) is 5.52. The lowest BCUT2D eigenvalue weighted by Gasteiger charge is -2.55. The maximum Gasteiger partial charge on any atom is 0.253 e. The summed E-state index contributed by atoms with van der Waals surface area (Å²) in [6, 6.07) is -0.0267. The fraction of sp³-hybridized carbons (Fsp3) is 0.750. The van der Waals surface area contributed by atoms with E-state index in [0.717, 1.165) is 19.3 Å². The fourth-order valence-electron chi connectivity index (χ4n) is 3.61. The van der Waals surface area contributed by atoms with Gasteiger partial charge in [0.1, 0.15) is 0 Å². The zero-order valence-corrected chi connectivity index (χ0v) is 13.2. The molecular weight excluding hydrogens is 252 g/mol. The molecule has 0 aliphatic carbocycles. The second kappa shape index (κ2) is 4.99. The number of nitrogens with zero attached hydrogens (tertiary/aromatic N) is 1. The molecule has 2 heterocycles. The van der Waals surface area contributed by atoms with E-state index in [1.807, 2.05) is 0 Å². The third-order valence-corrected chi connectivity index (χ3v) is 5.52. The molecule has 20 heavy (non-hydrogen) atoms. The lowest BCUT2D eigenvalue weighted by molar-refractivity contribution is -0.144. The topological polar surface area (TPSA) is 49.4 Å². The molecule has 2 amide bonds. The summed E-state index contributed by atoms with van der Waals surface area (Å²) in [4.78, 5) is 25.5. The summed E-state index contributed by atoms with van der Waals surface area (Å²) in [5.41, 5.74) is -0.0953. The van der Waals surface area contributed by atoms with Crippen LogP contribution in [0, 0.1) is 5.92 Å². The molecule has 2 rings (SSSR count). The summed E-state index contributed by atoms with van der Waals surface area (Å²) >= 11 is 0. The smallest absolute Gasteiger partial charge is 0.253 e. The molecule has 4 nitrogen and oxygen atoms in total. The van der Waals surface area contributed by atoms with Gasteiger partial charge in [-0.05, 0) is 39.0 Å². The van der Waals surface area contributed by atoms with Crippen molar-refractivity contribution in [3.05, 3.63) is 12.2 Å². The van der Waals surface area contributed by atoms with Gasteiger partial charge >= 0.3 is 0 Å². The van der Waals surface area contributed by atoms with Crippen LogP contribution in [-0.2, 0) is 9.59 Å². The molecule has 0 aromatic carbocycles. The van der Waals surface area contributed by atoms with Crippen LogP contribution in [0.25, 0.3) is 0 Å². The standard InChI is InChI=1S/C16H26N2O2/c1-6-15(4)10-12(11(3)16(5,7-2)17-15)18-13(19)8-9-14(18)20/h8-9,11-12,17H,6-7,10H2,1-5H3. The molecule has 0 bridgehead atoms. The predicted octanol–water partition coefficient (Wildman–Crippen LogP) is 2.25. The molecule has 1 N–H and O–H groups in total. The highest BCUT2D eigenvalue weighted by atomic mass is 16.2. The van der Waals surface area contributed by atoms with Crippen molar-refractivity contribution in [3.63, 3.8) is 0 Å². The Morgan fingerprint density at radius 1 is 1.20 bits per heavy atom. The summed E-state index contributed by atoms with van der Waals surface area (Å²) in [6.07, 6.45) is 5.56. The van der Waals surface area contributed by atoms with Crippen LogP contribution in [0.3, 0.4) is 0 Å². The van der Waals surface area contributed by atoms with Gasteiger partial charge in [0.25, 0.3) is 11.8 Å². The van der Waals surface area contributed by atoms with Crippen molar-refractivity contribution in [1.82, 2.24) is 10.2 Å². The Hall–Kier alpha value is -1.16. The van der Waals surface area contributed by atoms with Crippen molar-refractivity contribution in [1.29, 1.82) is 0 Å². The minimum absolute atomic E-state index is 0.0267. The van der Waals surface area contributed by atoms with E-state index in [-0.39, 0.29) is 34.9 Å². The van der Waals surface area contributed by atoms with E-state index in [1.165, 1.54) is 17.1 Å². The minimum atomic E-state index is -0.161. The molecule has 0 spiro atoms. The second-order valence-corrected chi connectivity index (χ2v) is 6.75. The van der Waals surface area contributed by atoms with Gasteiger partial charge in [0.2, 0.25) is 0 Å². The summed E-state index contributed by atoms with van der Waals surface area (Å²) < 4.78 is 0. The molecule has 2 aliphatic heterocycles. The maximum atomic E-state index is 12.0. The van der Waals surface area contributed by atoms with E-state index < -0.39 is 0 Å². The van der Waals surface area contributed by atoms with E-state index in [2.05, 4.69) is 39.9 Å². The van der Waals surface area contributed by atoms with Crippen molar-refractivity contribution in [2.75, 3.05) is 0 Å². The van der Waals surface area contributed by atoms with Crippen molar-refractivity contribution in [2.45, 2.75) is 71.0 Å². The number of imide groups is 1. The van der Waals surface area contributed by atoms with Gasteiger partial charge in [0.05, 0.1) is 0 Å². The van der Waals surface area contributed by atoms with Gasteiger partial charge in [-0.1, -0.05) is 20.8 Å². The van der Waals surface area contributed by atoms with Crippen LogP contribution in [0.2, 0.25) is 0 Å². The van der Waals surface area contributed by atoms with Crippen molar-refractivity contribution in [3.8, 4) is 0 Å². The van der Waals surface area contributed by atoms with Crippen LogP contribution in [0.15, 0.2) is 12.2 Å². The first-order valence-electron chi connectivity index (χ1n) is 7.61. The van der Waals surface area contributed by atoms with Gasteiger partial charge in [0.15, 0.2) is 0 Å². The fourth-order valence-corrected chi connectivity index (χ4v) is 3.61. The Bertz CT molecular complexity index is 441. The number of piperidine rings is 1. The third kappa shape index (κ3) is 2.30. The van der Waals surface area contributed by atoms with Gasteiger partial charge in [-0.2, -0.15) is 0 Å². The quantitative estimate of drug-likeness (QED) is 0.806. The summed E-state index contributed by atoms with van der Waals surface area (Å²) in [5.74, 6) is -0.0868. The van der Waals surface area contributed by atoms with Crippen LogP contribution in [0.4, 0.5) is 0 Å². The number of hydrogen-bond acceptors (Lipinski definition) is 3. The number of carbonyl (C=O) groups excluding carboxylic acids is 2. The van der Waals surface area contributed by atoms with Crippen LogP contribution in [0.5, 0.6) is 0 Å². The number of carbonyl (C=O) groups is 2. The van der Waals surface area contributed by atoms with Gasteiger partial charge in [-0.3, -0.25) is 14.5 Å². The molecular formula is C16H26N2O2. The van der Waals surface area contributed by atoms with Crippen LogP contribution in [-0.4, -0.2) is 33.8 Å². The lowest BCUT2D eigenvalue weighted by Crippen LogP contribution is -2.69. The zero-order chi connectivity index (χ0) is 15.1. The first-order chi connectivity index (χ1) is 9.26. The first kappa shape index (κ1) is 15.2.